The molecular weight excluding hydrogens is 534 g/mol. The summed E-state index contributed by atoms with van der Waals surface area (Å²) in [5.74, 6) is -7.34. The van der Waals surface area contributed by atoms with Gasteiger partial charge in [0.2, 0.25) is 11.7 Å². The Balaban J connectivity index is 1.88. The van der Waals surface area contributed by atoms with E-state index in [0.29, 0.717) is 11.3 Å². The van der Waals surface area contributed by atoms with E-state index in [9.17, 15) is 39.6 Å². The minimum atomic E-state index is -2.71. The molecule has 0 saturated heterocycles. The molecule has 1 aromatic carbocycles. The number of nitrogens with two attached hydrogens (primary N) is 1. The maximum absolute atomic E-state index is 14.0. The third-order valence-corrected chi connectivity index (χ3v) is 8.20. The highest BCUT2D eigenvalue weighted by Gasteiger charge is 2.63. The number of anilines is 1. The largest absolute Gasteiger partial charge is 0.510 e. The molecule has 222 valence electrons. The standard InChI is InChI=1S/C28H37N5O8/c1-31(2)11-17(34)30-10-13-9-16(32(3)4)14-7-12-8-15-21(33(5)6)24(37)20(27(29)40)26(39)28(15,41)25(38)18(12)23(36)19(14)22(13)35/h9,12,15,21,35,37-38,41H,7-8,10-11H2,1-6H3,(H2,29,40)(H,30,34)/t12-,15-,21-,28-/m0/s1. The van der Waals surface area contributed by atoms with Crippen molar-refractivity contribution in [3.05, 3.63) is 45.4 Å². The van der Waals surface area contributed by atoms with Gasteiger partial charge in [-0.15, -0.1) is 0 Å². The highest BCUT2D eigenvalue weighted by molar-refractivity contribution is 6.25. The highest BCUT2D eigenvalue weighted by Crippen LogP contribution is 2.53. The quantitative estimate of drug-likeness (QED) is 0.228. The fraction of sp³-hybridized carbons (Fsp3) is 0.500. The fourth-order valence-corrected chi connectivity index (χ4v) is 6.42. The van der Waals surface area contributed by atoms with Crippen molar-refractivity contribution in [1.82, 2.24) is 15.1 Å². The number of ketones is 2. The molecule has 3 aliphatic rings. The topological polar surface area (TPSA) is 197 Å². The van der Waals surface area contributed by atoms with Gasteiger partial charge in [0.1, 0.15) is 22.8 Å². The first kappa shape index (κ1) is 30.0. The van der Waals surface area contributed by atoms with Crippen LogP contribution in [0.15, 0.2) is 28.7 Å². The highest BCUT2D eigenvalue weighted by atomic mass is 16.3. The summed E-state index contributed by atoms with van der Waals surface area (Å²) in [6.07, 6.45) is 0.171. The van der Waals surface area contributed by atoms with Gasteiger partial charge >= 0.3 is 0 Å². The molecule has 0 fully saturated rings. The number of allylic oxidation sites excluding steroid dienone is 1. The zero-order valence-corrected chi connectivity index (χ0v) is 24.0. The molecule has 4 atom stereocenters. The predicted octanol–water partition coefficient (Wildman–Crippen LogP) is -0.636. The van der Waals surface area contributed by atoms with Crippen LogP contribution >= 0.6 is 0 Å². The van der Waals surface area contributed by atoms with E-state index in [-0.39, 0.29) is 54.3 Å². The zero-order valence-electron chi connectivity index (χ0n) is 24.0. The summed E-state index contributed by atoms with van der Waals surface area (Å²) in [6.45, 7) is 0.0437. The zero-order chi connectivity index (χ0) is 30.7. The van der Waals surface area contributed by atoms with Gasteiger partial charge in [-0.25, -0.2) is 0 Å². The summed E-state index contributed by atoms with van der Waals surface area (Å²) in [5, 5.41) is 48.1. The lowest BCUT2D eigenvalue weighted by Crippen LogP contribution is -2.63. The number of Topliss-reactive ketones (excluding diaryl/α,β-unsaturated/α-hetero) is 2. The number of phenols is 1. The first-order chi connectivity index (χ1) is 19.0. The minimum Gasteiger partial charge on any atom is -0.510 e. The van der Waals surface area contributed by atoms with Crippen molar-refractivity contribution in [2.45, 2.75) is 31.0 Å². The van der Waals surface area contributed by atoms with Crippen LogP contribution < -0.4 is 16.0 Å². The SMILES string of the molecule is CN(C)CC(=O)NCc1cc(N(C)C)c2c(c1O)C(=O)C1=C(O)[C@]3(O)C(=O)C(C(N)=O)=C(O)[C@@H](N(C)C)[C@@H]3C[C@@H]1C2. The smallest absolute Gasteiger partial charge is 0.255 e. The van der Waals surface area contributed by atoms with Gasteiger partial charge in [0.05, 0.1) is 18.2 Å². The summed E-state index contributed by atoms with van der Waals surface area (Å²) in [6, 6.07) is 0.626. The third kappa shape index (κ3) is 4.63. The van der Waals surface area contributed by atoms with Crippen LogP contribution in [0.2, 0.25) is 0 Å². The molecule has 3 aliphatic carbocycles. The second kappa shape index (κ2) is 10.5. The van der Waals surface area contributed by atoms with Crippen molar-refractivity contribution in [3.63, 3.8) is 0 Å². The van der Waals surface area contributed by atoms with Gasteiger partial charge in [0, 0.05) is 43.4 Å². The van der Waals surface area contributed by atoms with E-state index in [0.717, 1.165) is 0 Å². The third-order valence-electron chi connectivity index (χ3n) is 8.20. The monoisotopic (exact) mass is 571 g/mol. The average Bonchev–Trinajstić information content (AvgIpc) is 2.84. The average molecular weight is 572 g/mol. The number of fused-ring (bicyclic) bond motifs is 3. The Morgan fingerprint density at radius 1 is 1.10 bits per heavy atom. The number of amides is 2. The number of benzene rings is 1. The molecule has 2 amide bonds. The van der Waals surface area contributed by atoms with Crippen LogP contribution in [0.3, 0.4) is 0 Å². The number of aromatic hydroxyl groups is 1. The van der Waals surface area contributed by atoms with Crippen LogP contribution in [0.5, 0.6) is 5.75 Å². The van der Waals surface area contributed by atoms with Crippen molar-refractivity contribution in [2.75, 3.05) is 53.7 Å². The van der Waals surface area contributed by atoms with Crippen LogP contribution in [-0.4, -0.2) is 114 Å². The number of aliphatic hydroxyl groups excluding tert-OH is 2. The summed E-state index contributed by atoms with van der Waals surface area (Å²) in [4.78, 5) is 56.8. The molecule has 0 spiro atoms. The van der Waals surface area contributed by atoms with Crippen molar-refractivity contribution in [3.8, 4) is 5.75 Å². The first-order valence-electron chi connectivity index (χ1n) is 13.1. The number of hydrogen-bond donors (Lipinski definition) is 6. The second-order valence-corrected chi connectivity index (χ2v) is 11.6. The molecule has 0 heterocycles. The lowest BCUT2D eigenvalue weighted by molar-refractivity contribution is -0.148. The second-order valence-electron chi connectivity index (χ2n) is 11.6. The van der Waals surface area contributed by atoms with Crippen LogP contribution in [0.25, 0.3) is 0 Å². The summed E-state index contributed by atoms with van der Waals surface area (Å²) in [7, 11) is 10.2. The fourth-order valence-electron chi connectivity index (χ4n) is 6.42. The molecule has 13 heteroatoms. The molecule has 41 heavy (non-hydrogen) atoms. The lowest BCUT2D eigenvalue weighted by Gasteiger charge is -2.50. The van der Waals surface area contributed by atoms with Gasteiger partial charge in [0.25, 0.3) is 5.91 Å². The summed E-state index contributed by atoms with van der Waals surface area (Å²) >= 11 is 0. The molecule has 13 nitrogen and oxygen atoms in total. The Bertz CT molecular complexity index is 1410. The van der Waals surface area contributed by atoms with Crippen molar-refractivity contribution in [1.29, 1.82) is 0 Å². The Labute approximate surface area is 237 Å². The van der Waals surface area contributed by atoms with E-state index in [1.165, 1.54) is 4.90 Å². The van der Waals surface area contributed by atoms with Crippen LogP contribution in [-0.2, 0) is 27.3 Å². The van der Waals surface area contributed by atoms with Crippen molar-refractivity contribution in [2.24, 2.45) is 17.6 Å². The van der Waals surface area contributed by atoms with Gasteiger partial charge in [-0.05, 0) is 58.6 Å². The van der Waals surface area contributed by atoms with E-state index < -0.39 is 58.0 Å². The van der Waals surface area contributed by atoms with Gasteiger partial charge in [-0.1, -0.05) is 0 Å². The molecule has 4 rings (SSSR count). The van der Waals surface area contributed by atoms with E-state index in [2.05, 4.69) is 5.32 Å². The molecule has 0 saturated carbocycles. The maximum atomic E-state index is 14.0. The van der Waals surface area contributed by atoms with Gasteiger partial charge in [-0.2, -0.15) is 0 Å². The van der Waals surface area contributed by atoms with Crippen molar-refractivity contribution < 1.29 is 39.6 Å². The molecule has 0 bridgehead atoms. The predicted molar refractivity (Wildman–Crippen MR) is 148 cm³/mol. The molecule has 1 aromatic rings. The number of nitrogens with one attached hydrogen (secondary N) is 1. The normalized spacial score (nSPS) is 25.7. The first-order valence-corrected chi connectivity index (χ1v) is 13.1. The van der Waals surface area contributed by atoms with Crippen LogP contribution in [0.1, 0.15) is 27.9 Å². The number of aliphatic hydroxyl groups is 3. The molecule has 0 aliphatic heterocycles. The van der Waals surface area contributed by atoms with Gasteiger partial charge < -0.3 is 41.3 Å². The number of likely N-dealkylation sites (N-methyl/N-ethyl adjacent to an activating group) is 2. The summed E-state index contributed by atoms with van der Waals surface area (Å²) in [5.41, 5.74) is 2.87. The van der Waals surface area contributed by atoms with E-state index in [1.807, 2.05) is 0 Å². The van der Waals surface area contributed by atoms with Crippen molar-refractivity contribution >= 4 is 29.1 Å². The van der Waals surface area contributed by atoms with E-state index in [4.69, 9.17) is 5.73 Å². The number of carbonyl (C=O) groups is 4. The Hall–Kier alpha value is -3.94. The van der Waals surface area contributed by atoms with E-state index in [1.54, 1.807) is 58.2 Å². The molecule has 7 N–H and O–H groups in total. The van der Waals surface area contributed by atoms with Gasteiger partial charge in [0.15, 0.2) is 11.4 Å². The van der Waals surface area contributed by atoms with Crippen LogP contribution in [0.4, 0.5) is 5.69 Å². The van der Waals surface area contributed by atoms with Gasteiger partial charge in [-0.3, -0.25) is 24.1 Å². The Morgan fingerprint density at radius 2 is 1.73 bits per heavy atom. The minimum absolute atomic E-state index is 0.00172. The summed E-state index contributed by atoms with van der Waals surface area (Å²) < 4.78 is 0. The number of rotatable bonds is 7. The number of nitrogens with zero attached hydrogens (tertiary/aromatic N) is 3. The molecular formula is C28H37N5O8. The lowest BCUT2D eigenvalue weighted by atomic mass is 9.58. The van der Waals surface area contributed by atoms with E-state index >= 15 is 0 Å². The Kier molecular flexibility index (Phi) is 7.67. The number of phenolic OH excluding ortho intramolecular Hbond substituents is 1. The maximum Gasteiger partial charge on any atom is 0.255 e. The molecule has 0 aromatic heterocycles. The number of carbonyl (C=O) groups excluding carboxylic acids is 4. The number of primary amides is 1. The number of hydrogen-bond acceptors (Lipinski definition) is 11. The Morgan fingerprint density at radius 3 is 2.27 bits per heavy atom. The molecule has 0 unspecified atom stereocenters. The van der Waals surface area contributed by atoms with Crippen LogP contribution in [0, 0.1) is 11.8 Å². The molecule has 0 radical (unpaired) electrons.